The van der Waals surface area contributed by atoms with Crippen LogP contribution in [0.25, 0.3) is 0 Å². The number of amides is 1. The summed E-state index contributed by atoms with van der Waals surface area (Å²) in [5.74, 6) is 1.35. The van der Waals surface area contributed by atoms with E-state index < -0.39 is 6.10 Å². The van der Waals surface area contributed by atoms with Crippen molar-refractivity contribution in [2.75, 3.05) is 19.5 Å². The summed E-state index contributed by atoms with van der Waals surface area (Å²) in [5.41, 5.74) is 1.08. The van der Waals surface area contributed by atoms with Gasteiger partial charge in [0, 0.05) is 23.9 Å². The number of hydrogen-bond acceptors (Lipinski definition) is 5. The van der Waals surface area contributed by atoms with Crippen molar-refractivity contribution in [3.8, 4) is 23.3 Å². The van der Waals surface area contributed by atoms with Crippen LogP contribution in [-0.2, 0) is 4.79 Å². The number of rotatable bonds is 6. The number of nitrogens with zero attached hydrogens (tertiary/aromatic N) is 1. The van der Waals surface area contributed by atoms with Gasteiger partial charge in [-0.3, -0.25) is 4.79 Å². The van der Waals surface area contributed by atoms with Gasteiger partial charge in [-0.15, -0.1) is 0 Å². The van der Waals surface area contributed by atoms with Crippen LogP contribution in [0.4, 0.5) is 5.69 Å². The lowest BCUT2D eigenvalue weighted by Gasteiger charge is -2.15. The summed E-state index contributed by atoms with van der Waals surface area (Å²) >= 11 is 0. The van der Waals surface area contributed by atoms with E-state index in [9.17, 15) is 4.79 Å². The van der Waals surface area contributed by atoms with Gasteiger partial charge in [-0.25, -0.2) is 0 Å². The Labute approximate surface area is 140 Å². The van der Waals surface area contributed by atoms with E-state index in [1.807, 2.05) is 6.07 Å². The number of methoxy groups -OCH3 is 2. The molecule has 2 aromatic carbocycles. The second-order valence-electron chi connectivity index (χ2n) is 4.99. The number of carbonyl (C=O) groups is 1. The van der Waals surface area contributed by atoms with Crippen LogP contribution < -0.4 is 19.5 Å². The van der Waals surface area contributed by atoms with Crippen molar-refractivity contribution in [3.63, 3.8) is 0 Å². The van der Waals surface area contributed by atoms with E-state index >= 15 is 0 Å². The number of anilines is 1. The molecule has 2 aromatic rings. The minimum atomic E-state index is -0.713. The van der Waals surface area contributed by atoms with Crippen LogP contribution in [0.5, 0.6) is 17.2 Å². The number of nitriles is 1. The Morgan fingerprint density at radius 1 is 1.04 bits per heavy atom. The largest absolute Gasteiger partial charge is 0.497 e. The predicted molar refractivity (Wildman–Crippen MR) is 89.4 cm³/mol. The molecule has 0 saturated carbocycles. The van der Waals surface area contributed by atoms with Crippen molar-refractivity contribution in [2.45, 2.75) is 13.0 Å². The molecule has 0 fully saturated rings. The maximum absolute atomic E-state index is 12.3. The molecule has 1 atom stereocenters. The number of ether oxygens (including phenoxy) is 3. The summed E-state index contributed by atoms with van der Waals surface area (Å²) in [6.45, 7) is 1.64. The van der Waals surface area contributed by atoms with Gasteiger partial charge in [0.25, 0.3) is 5.91 Å². The number of nitrogens with one attached hydrogen (secondary N) is 1. The maximum atomic E-state index is 12.3. The van der Waals surface area contributed by atoms with Gasteiger partial charge in [0.1, 0.15) is 17.2 Å². The summed E-state index contributed by atoms with van der Waals surface area (Å²) in [7, 11) is 3.08. The van der Waals surface area contributed by atoms with Crippen molar-refractivity contribution in [3.05, 3.63) is 48.0 Å². The zero-order chi connectivity index (χ0) is 17.5. The van der Waals surface area contributed by atoms with Crippen LogP contribution in [0.3, 0.4) is 0 Å². The summed E-state index contributed by atoms with van der Waals surface area (Å²) in [6, 6.07) is 13.7. The zero-order valence-electron chi connectivity index (χ0n) is 13.7. The molecule has 6 heteroatoms. The van der Waals surface area contributed by atoms with E-state index in [2.05, 4.69) is 5.32 Å². The molecule has 0 aromatic heterocycles. The molecule has 6 nitrogen and oxygen atoms in total. The van der Waals surface area contributed by atoms with Crippen LogP contribution >= 0.6 is 0 Å². The molecule has 0 aliphatic rings. The molecule has 0 saturated heterocycles. The van der Waals surface area contributed by atoms with E-state index in [1.165, 1.54) is 14.2 Å². The first-order chi connectivity index (χ1) is 11.5. The molecular weight excluding hydrogens is 308 g/mol. The van der Waals surface area contributed by atoms with Crippen LogP contribution in [0, 0.1) is 11.3 Å². The Hall–Kier alpha value is -3.20. The van der Waals surface area contributed by atoms with Crippen LogP contribution in [0.15, 0.2) is 42.5 Å². The lowest BCUT2D eigenvalue weighted by molar-refractivity contribution is -0.122. The van der Waals surface area contributed by atoms with E-state index in [0.717, 1.165) is 0 Å². The van der Waals surface area contributed by atoms with E-state index in [-0.39, 0.29) is 5.91 Å². The monoisotopic (exact) mass is 326 g/mol. The Kier molecular flexibility index (Phi) is 5.63. The third-order valence-corrected chi connectivity index (χ3v) is 3.28. The molecule has 124 valence electrons. The van der Waals surface area contributed by atoms with Crippen LogP contribution in [0.1, 0.15) is 12.5 Å². The molecule has 0 bridgehead atoms. The zero-order valence-corrected chi connectivity index (χ0v) is 13.7. The summed E-state index contributed by atoms with van der Waals surface area (Å²) in [6.07, 6.45) is -0.713. The Bertz CT molecular complexity index is 728. The van der Waals surface area contributed by atoms with Gasteiger partial charge in [0.05, 0.1) is 25.9 Å². The summed E-state index contributed by atoms with van der Waals surface area (Å²) < 4.78 is 15.9. The first kappa shape index (κ1) is 17.2. The molecule has 0 radical (unpaired) electrons. The van der Waals surface area contributed by atoms with Crippen molar-refractivity contribution >= 4 is 11.6 Å². The first-order valence-corrected chi connectivity index (χ1v) is 7.26. The molecule has 0 aliphatic heterocycles. The molecular formula is C18H18N2O4. The molecule has 0 spiro atoms. The Morgan fingerprint density at radius 2 is 1.62 bits per heavy atom. The van der Waals surface area contributed by atoms with Gasteiger partial charge in [0.2, 0.25) is 0 Å². The van der Waals surface area contributed by atoms with Crippen molar-refractivity contribution in [1.29, 1.82) is 5.26 Å². The van der Waals surface area contributed by atoms with E-state index in [0.29, 0.717) is 28.5 Å². The predicted octanol–water partition coefficient (Wildman–Crippen LogP) is 2.98. The minimum Gasteiger partial charge on any atom is -0.497 e. The standard InChI is InChI=1S/C18H18N2O4/c1-12(24-15-6-4-13(11-19)5-7-15)18(21)20-14-8-16(22-2)10-17(9-14)23-3/h4-10,12H,1-3H3,(H,20,21)/t12-/m1/s1. The number of benzene rings is 2. The van der Waals surface area contributed by atoms with Crippen molar-refractivity contribution < 1.29 is 19.0 Å². The molecule has 1 amide bonds. The highest BCUT2D eigenvalue weighted by Gasteiger charge is 2.16. The van der Waals surface area contributed by atoms with Gasteiger partial charge in [-0.2, -0.15) is 5.26 Å². The maximum Gasteiger partial charge on any atom is 0.265 e. The third-order valence-electron chi connectivity index (χ3n) is 3.28. The van der Waals surface area contributed by atoms with E-state index in [4.69, 9.17) is 19.5 Å². The normalized spacial score (nSPS) is 11.1. The average Bonchev–Trinajstić information content (AvgIpc) is 2.61. The number of hydrogen-bond donors (Lipinski definition) is 1. The Balaban J connectivity index is 2.04. The summed E-state index contributed by atoms with van der Waals surface area (Å²) in [4.78, 5) is 12.3. The third kappa shape index (κ3) is 4.40. The average molecular weight is 326 g/mol. The highest BCUT2D eigenvalue weighted by Crippen LogP contribution is 2.26. The topological polar surface area (TPSA) is 80.6 Å². The Morgan fingerprint density at radius 3 is 2.12 bits per heavy atom. The fraction of sp³-hybridized carbons (Fsp3) is 0.222. The fourth-order valence-corrected chi connectivity index (χ4v) is 1.99. The molecule has 0 heterocycles. The van der Waals surface area contributed by atoms with Gasteiger partial charge in [-0.1, -0.05) is 0 Å². The van der Waals surface area contributed by atoms with E-state index in [1.54, 1.807) is 49.4 Å². The van der Waals surface area contributed by atoms with Crippen molar-refractivity contribution in [1.82, 2.24) is 0 Å². The molecule has 24 heavy (non-hydrogen) atoms. The SMILES string of the molecule is COc1cc(NC(=O)[C@@H](C)Oc2ccc(C#N)cc2)cc(OC)c1. The smallest absolute Gasteiger partial charge is 0.265 e. The molecule has 2 rings (SSSR count). The van der Waals surface area contributed by atoms with Gasteiger partial charge >= 0.3 is 0 Å². The van der Waals surface area contributed by atoms with Crippen LogP contribution in [-0.4, -0.2) is 26.2 Å². The summed E-state index contributed by atoms with van der Waals surface area (Å²) in [5, 5.41) is 11.5. The second-order valence-corrected chi connectivity index (χ2v) is 4.99. The fourth-order valence-electron chi connectivity index (χ4n) is 1.99. The minimum absolute atomic E-state index is 0.310. The van der Waals surface area contributed by atoms with Gasteiger partial charge in [0.15, 0.2) is 6.10 Å². The van der Waals surface area contributed by atoms with Crippen molar-refractivity contribution in [2.24, 2.45) is 0 Å². The van der Waals surface area contributed by atoms with Gasteiger partial charge < -0.3 is 19.5 Å². The highest BCUT2D eigenvalue weighted by molar-refractivity contribution is 5.94. The van der Waals surface area contributed by atoms with Gasteiger partial charge in [-0.05, 0) is 31.2 Å². The molecule has 0 unspecified atom stereocenters. The quantitative estimate of drug-likeness (QED) is 0.882. The lowest BCUT2D eigenvalue weighted by Crippen LogP contribution is -2.30. The molecule has 0 aliphatic carbocycles. The second kappa shape index (κ2) is 7.88. The lowest BCUT2D eigenvalue weighted by atomic mass is 10.2. The number of carbonyl (C=O) groups excluding carboxylic acids is 1. The molecule has 1 N–H and O–H groups in total. The highest BCUT2D eigenvalue weighted by atomic mass is 16.5. The van der Waals surface area contributed by atoms with Crippen LogP contribution in [0.2, 0.25) is 0 Å². The first-order valence-electron chi connectivity index (χ1n) is 7.26.